The number of piperidine rings is 1. The van der Waals surface area contributed by atoms with Crippen molar-refractivity contribution >= 4 is 12.0 Å². The van der Waals surface area contributed by atoms with Crippen molar-refractivity contribution in [3.05, 3.63) is 35.4 Å². The first-order valence-electron chi connectivity index (χ1n) is 7.35. The van der Waals surface area contributed by atoms with Gasteiger partial charge < -0.3 is 15.3 Å². The molecule has 2 rings (SSSR count). The molecule has 2 amide bonds. The predicted octanol–water partition coefficient (Wildman–Crippen LogP) is 2.39. The molecular weight excluding hydrogens is 268 g/mol. The number of aryl methyl sites for hydroxylation is 1. The van der Waals surface area contributed by atoms with Gasteiger partial charge in [0.1, 0.15) is 0 Å². The van der Waals surface area contributed by atoms with E-state index < -0.39 is 5.97 Å². The molecule has 0 aliphatic carbocycles. The lowest BCUT2D eigenvalue weighted by atomic mass is 9.95. The molecule has 2 N–H and O–H groups in total. The van der Waals surface area contributed by atoms with Crippen molar-refractivity contribution in [2.24, 2.45) is 5.92 Å². The zero-order valence-electron chi connectivity index (χ0n) is 12.3. The van der Waals surface area contributed by atoms with E-state index in [4.69, 9.17) is 5.11 Å². The summed E-state index contributed by atoms with van der Waals surface area (Å²) in [7, 11) is 0. The summed E-state index contributed by atoms with van der Waals surface area (Å²) in [6, 6.07) is 7.85. The van der Waals surface area contributed by atoms with Crippen LogP contribution in [0.1, 0.15) is 30.4 Å². The second-order valence-electron chi connectivity index (χ2n) is 5.64. The van der Waals surface area contributed by atoms with E-state index in [1.54, 1.807) is 4.90 Å². The van der Waals surface area contributed by atoms with Gasteiger partial charge in [0, 0.05) is 26.1 Å². The van der Waals surface area contributed by atoms with Crippen molar-refractivity contribution in [1.82, 2.24) is 10.2 Å². The number of aliphatic carboxylic acids is 1. The fourth-order valence-corrected chi connectivity index (χ4v) is 2.75. The summed E-state index contributed by atoms with van der Waals surface area (Å²) in [6.07, 6.45) is 1.89. The Morgan fingerprint density at radius 1 is 1.38 bits per heavy atom. The Hall–Kier alpha value is -2.04. The van der Waals surface area contributed by atoms with Gasteiger partial charge in [0.05, 0.1) is 0 Å². The van der Waals surface area contributed by atoms with Crippen LogP contribution >= 0.6 is 0 Å². The molecule has 5 nitrogen and oxygen atoms in total. The normalized spacial score (nSPS) is 18.3. The van der Waals surface area contributed by atoms with Crippen LogP contribution in [0, 0.1) is 12.8 Å². The average molecular weight is 290 g/mol. The molecule has 1 saturated heterocycles. The number of carbonyl (C=O) groups is 2. The summed E-state index contributed by atoms with van der Waals surface area (Å²) < 4.78 is 0. The van der Waals surface area contributed by atoms with Crippen molar-refractivity contribution in [2.45, 2.75) is 32.7 Å². The summed E-state index contributed by atoms with van der Waals surface area (Å²) in [4.78, 5) is 24.7. The van der Waals surface area contributed by atoms with Crippen LogP contribution in [0.15, 0.2) is 24.3 Å². The molecule has 1 aliphatic rings. The quantitative estimate of drug-likeness (QED) is 0.894. The SMILES string of the molecule is Cc1ccccc1CNC(=O)N1CCCC(CC(=O)O)C1. The van der Waals surface area contributed by atoms with Crippen LogP contribution in [0.5, 0.6) is 0 Å². The summed E-state index contributed by atoms with van der Waals surface area (Å²) >= 11 is 0. The van der Waals surface area contributed by atoms with E-state index in [9.17, 15) is 9.59 Å². The number of carbonyl (C=O) groups excluding carboxylic acids is 1. The molecule has 1 heterocycles. The van der Waals surface area contributed by atoms with Crippen LogP contribution in [-0.4, -0.2) is 35.1 Å². The fourth-order valence-electron chi connectivity index (χ4n) is 2.75. The minimum atomic E-state index is -0.790. The first kappa shape index (κ1) is 15.4. The number of nitrogens with zero attached hydrogens (tertiary/aromatic N) is 1. The van der Waals surface area contributed by atoms with Gasteiger partial charge in [-0.2, -0.15) is 0 Å². The first-order chi connectivity index (χ1) is 10.1. The van der Waals surface area contributed by atoms with E-state index in [1.807, 2.05) is 31.2 Å². The Morgan fingerprint density at radius 3 is 2.86 bits per heavy atom. The largest absolute Gasteiger partial charge is 0.481 e. The molecule has 0 radical (unpaired) electrons. The Bertz CT molecular complexity index is 516. The third-order valence-corrected chi connectivity index (χ3v) is 3.96. The van der Waals surface area contributed by atoms with Crippen LogP contribution in [0.25, 0.3) is 0 Å². The number of likely N-dealkylation sites (tertiary alicyclic amines) is 1. The first-order valence-corrected chi connectivity index (χ1v) is 7.35. The molecule has 1 fully saturated rings. The van der Waals surface area contributed by atoms with E-state index in [0.717, 1.165) is 24.0 Å². The lowest BCUT2D eigenvalue weighted by Crippen LogP contribution is -2.45. The van der Waals surface area contributed by atoms with E-state index in [0.29, 0.717) is 19.6 Å². The van der Waals surface area contributed by atoms with Crippen molar-refractivity contribution in [3.8, 4) is 0 Å². The molecule has 1 atom stereocenters. The molecule has 1 aromatic rings. The smallest absolute Gasteiger partial charge is 0.317 e. The van der Waals surface area contributed by atoms with Gasteiger partial charge in [-0.25, -0.2) is 4.79 Å². The Kier molecular flexibility index (Phi) is 5.20. The highest BCUT2D eigenvalue weighted by atomic mass is 16.4. The van der Waals surface area contributed by atoms with Crippen LogP contribution < -0.4 is 5.32 Å². The minimum absolute atomic E-state index is 0.0699. The number of carboxylic acids is 1. The Balaban J connectivity index is 1.85. The maximum atomic E-state index is 12.2. The van der Waals surface area contributed by atoms with E-state index in [2.05, 4.69) is 5.32 Å². The van der Waals surface area contributed by atoms with Crippen LogP contribution in [-0.2, 0) is 11.3 Å². The lowest BCUT2D eigenvalue weighted by molar-refractivity contribution is -0.138. The number of rotatable bonds is 4. The number of hydrogen-bond acceptors (Lipinski definition) is 2. The fraction of sp³-hybridized carbons (Fsp3) is 0.500. The van der Waals surface area contributed by atoms with Crippen molar-refractivity contribution < 1.29 is 14.7 Å². The Morgan fingerprint density at radius 2 is 2.14 bits per heavy atom. The number of amides is 2. The van der Waals surface area contributed by atoms with Gasteiger partial charge in [-0.3, -0.25) is 4.79 Å². The van der Waals surface area contributed by atoms with Gasteiger partial charge >= 0.3 is 12.0 Å². The number of urea groups is 1. The van der Waals surface area contributed by atoms with Crippen LogP contribution in [0.3, 0.4) is 0 Å². The van der Waals surface area contributed by atoms with Gasteiger partial charge in [0.2, 0.25) is 0 Å². The maximum Gasteiger partial charge on any atom is 0.317 e. The molecule has 0 aromatic heterocycles. The van der Waals surface area contributed by atoms with Crippen LogP contribution in [0.2, 0.25) is 0 Å². The minimum Gasteiger partial charge on any atom is -0.481 e. The van der Waals surface area contributed by atoms with Gasteiger partial charge in [0.15, 0.2) is 0 Å². The van der Waals surface area contributed by atoms with Gasteiger partial charge in [-0.15, -0.1) is 0 Å². The summed E-state index contributed by atoms with van der Waals surface area (Å²) in [5.74, 6) is -0.720. The molecule has 1 aliphatic heterocycles. The third-order valence-electron chi connectivity index (χ3n) is 3.96. The maximum absolute atomic E-state index is 12.2. The summed E-state index contributed by atoms with van der Waals surface area (Å²) in [6.45, 7) is 3.76. The number of benzene rings is 1. The van der Waals surface area contributed by atoms with Gasteiger partial charge in [-0.1, -0.05) is 24.3 Å². The van der Waals surface area contributed by atoms with E-state index in [-0.39, 0.29) is 18.4 Å². The average Bonchev–Trinajstić information content (AvgIpc) is 2.45. The third kappa shape index (κ3) is 4.48. The molecule has 1 aromatic carbocycles. The second kappa shape index (κ2) is 7.11. The van der Waals surface area contributed by atoms with Crippen LogP contribution in [0.4, 0.5) is 4.79 Å². The molecule has 5 heteroatoms. The molecule has 0 spiro atoms. The number of carboxylic acid groups (broad SMARTS) is 1. The topological polar surface area (TPSA) is 69.6 Å². The lowest BCUT2D eigenvalue weighted by Gasteiger charge is -2.32. The zero-order valence-corrected chi connectivity index (χ0v) is 12.3. The monoisotopic (exact) mass is 290 g/mol. The summed E-state index contributed by atoms with van der Waals surface area (Å²) in [5, 5.41) is 11.8. The number of hydrogen-bond donors (Lipinski definition) is 2. The van der Waals surface area contributed by atoms with Crippen molar-refractivity contribution in [2.75, 3.05) is 13.1 Å². The summed E-state index contributed by atoms with van der Waals surface area (Å²) in [5.41, 5.74) is 2.25. The zero-order chi connectivity index (χ0) is 15.2. The molecule has 1 unspecified atom stereocenters. The van der Waals surface area contributed by atoms with Gasteiger partial charge in [0.25, 0.3) is 0 Å². The van der Waals surface area contributed by atoms with E-state index >= 15 is 0 Å². The van der Waals surface area contributed by atoms with Gasteiger partial charge in [-0.05, 0) is 36.8 Å². The Labute approximate surface area is 125 Å². The highest BCUT2D eigenvalue weighted by molar-refractivity contribution is 5.74. The standard InChI is InChI=1S/C16H22N2O3/c1-12-5-2-3-7-14(12)10-17-16(21)18-8-4-6-13(11-18)9-15(19)20/h2-3,5,7,13H,4,6,8-11H2,1H3,(H,17,21)(H,19,20). The molecule has 21 heavy (non-hydrogen) atoms. The molecule has 0 bridgehead atoms. The highest BCUT2D eigenvalue weighted by Crippen LogP contribution is 2.19. The molecule has 0 saturated carbocycles. The van der Waals surface area contributed by atoms with E-state index in [1.165, 1.54) is 0 Å². The second-order valence-corrected chi connectivity index (χ2v) is 5.64. The molecular formula is C16H22N2O3. The number of nitrogens with one attached hydrogen (secondary N) is 1. The van der Waals surface area contributed by atoms with Crippen molar-refractivity contribution in [3.63, 3.8) is 0 Å². The molecule has 114 valence electrons. The highest BCUT2D eigenvalue weighted by Gasteiger charge is 2.25. The predicted molar refractivity (Wildman–Crippen MR) is 80.0 cm³/mol. The van der Waals surface area contributed by atoms with Crippen molar-refractivity contribution in [1.29, 1.82) is 0 Å².